The molecule has 160 valence electrons. The van der Waals surface area contributed by atoms with Crippen molar-refractivity contribution in [1.29, 1.82) is 0 Å². The van der Waals surface area contributed by atoms with Crippen molar-refractivity contribution in [2.45, 2.75) is 55.3 Å². The molecule has 2 aliphatic rings. The molecule has 1 aliphatic carbocycles. The number of carbonyl (C=O) groups excluding carboxylic acids is 1. The van der Waals surface area contributed by atoms with Gasteiger partial charge in [0.05, 0.1) is 10.6 Å². The van der Waals surface area contributed by atoms with Gasteiger partial charge in [0.15, 0.2) is 9.84 Å². The smallest absolute Gasteiger partial charge is 0.303 e. The van der Waals surface area contributed by atoms with E-state index in [1.807, 2.05) is 37.3 Å². The predicted molar refractivity (Wildman–Crippen MR) is 110 cm³/mol. The second kappa shape index (κ2) is 7.80. The molecule has 4 atom stereocenters. The lowest BCUT2D eigenvalue weighted by Gasteiger charge is -2.52. The Morgan fingerprint density at radius 1 is 1.10 bits per heavy atom. The maximum absolute atomic E-state index is 13.3. The maximum atomic E-state index is 13.3. The highest BCUT2D eigenvalue weighted by atomic mass is 32.2. The minimum absolute atomic E-state index is 0.0965. The molecule has 4 rings (SSSR count). The lowest BCUT2D eigenvalue weighted by Crippen LogP contribution is -2.59. The molecule has 7 heteroatoms. The standard InChI is InChI=1S/C23H26O6S/c1-17(24)27-22(2)14-13-19-15-21(22)28-29-23(19,18-9-5-3-6-10-18)16-30(25,26)20-11-7-4-8-12-20/h3-12,19,21H,13-16H2,1-2H3/t19?,21?,22?,23-/m1/s1. The number of benzene rings is 2. The zero-order valence-corrected chi connectivity index (χ0v) is 17.9. The first kappa shape index (κ1) is 21.0. The summed E-state index contributed by atoms with van der Waals surface area (Å²) in [5, 5.41) is 0. The number of rotatable bonds is 5. The van der Waals surface area contributed by atoms with E-state index in [0.29, 0.717) is 19.3 Å². The number of hydrogen-bond acceptors (Lipinski definition) is 6. The number of fused-ring (bicyclic) bond motifs is 2. The summed E-state index contributed by atoms with van der Waals surface area (Å²) < 4.78 is 32.2. The van der Waals surface area contributed by atoms with Crippen LogP contribution in [0.25, 0.3) is 0 Å². The van der Waals surface area contributed by atoms with Crippen LogP contribution in [0.15, 0.2) is 65.6 Å². The molecule has 0 N–H and O–H groups in total. The molecule has 1 heterocycles. The second-order valence-electron chi connectivity index (χ2n) is 8.37. The fraction of sp³-hybridized carbons (Fsp3) is 0.435. The second-order valence-corrected chi connectivity index (χ2v) is 10.4. The van der Waals surface area contributed by atoms with Crippen LogP contribution >= 0.6 is 0 Å². The van der Waals surface area contributed by atoms with Crippen molar-refractivity contribution in [1.82, 2.24) is 0 Å². The molecular formula is C23H26O6S. The average molecular weight is 431 g/mol. The van der Waals surface area contributed by atoms with Crippen LogP contribution in [-0.4, -0.2) is 31.8 Å². The van der Waals surface area contributed by atoms with Gasteiger partial charge in [-0.2, -0.15) is 0 Å². The molecule has 2 fully saturated rings. The molecule has 1 aliphatic heterocycles. The summed E-state index contributed by atoms with van der Waals surface area (Å²) in [4.78, 5) is 23.6. The van der Waals surface area contributed by atoms with Crippen LogP contribution in [0.4, 0.5) is 0 Å². The monoisotopic (exact) mass is 430 g/mol. The Labute approximate surface area is 177 Å². The number of esters is 1. The van der Waals surface area contributed by atoms with Crippen molar-refractivity contribution in [3.05, 3.63) is 66.2 Å². The van der Waals surface area contributed by atoms with Gasteiger partial charge < -0.3 is 4.74 Å². The highest BCUT2D eigenvalue weighted by Crippen LogP contribution is 2.51. The van der Waals surface area contributed by atoms with Crippen molar-refractivity contribution in [2.24, 2.45) is 5.92 Å². The number of ether oxygens (including phenoxy) is 1. The lowest BCUT2D eigenvalue weighted by atomic mass is 9.68. The summed E-state index contributed by atoms with van der Waals surface area (Å²) in [6.45, 7) is 3.22. The van der Waals surface area contributed by atoms with Gasteiger partial charge in [-0.25, -0.2) is 18.2 Å². The fourth-order valence-electron chi connectivity index (χ4n) is 4.69. The van der Waals surface area contributed by atoms with Gasteiger partial charge in [0, 0.05) is 6.92 Å². The Morgan fingerprint density at radius 2 is 1.73 bits per heavy atom. The lowest BCUT2D eigenvalue weighted by molar-refractivity contribution is -0.450. The summed E-state index contributed by atoms with van der Waals surface area (Å²) in [5.74, 6) is -0.692. The van der Waals surface area contributed by atoms with Crippen LogP contribution < -0.4 is 0 Å². The summed E-state index contributed by atoms with van der Waals surface area (Å²) in [7, 11) is -3.64. The molecule has 30 heavy (non-hydrogen) atoms. The molecule has 0 amide bonds. The Balaban J connectivity index is 1.71. The summed E-state index contributed by atoms with van der Waals surface area (Å²) in [6.07, 6.45) is 1.33. The van der Waals surface area contributed by atoms with Crippen molar-refractivity contribution in [3.8, 4) is 0 Å². The van der Waals surface area contributed by atoms with E-state index in [1.165, 1.54) is 6.92 Å². The molecule has 1 saturated carbocycles. The van der Waals surface area contributed by atoms with E-state index in [4.69, 9.17) is 14.5 Å². The van der Waals surface area contributed by atoms with Crippen LogP contribution in [0, 0.1) is 5.92 Å². The number of carbonyl (C=O) groups is 1. The summed E-state index contributed by atoms with van der Waals surface area (Å²) in [6, 6.07) is 17.8. The summed E-state index contributed by atoms with van der Waals surface area (Å²) in [5.41, 5.74) is -1.16. The molecule has 3 unspecified atom stereocenters. The molecular weight excluding hydrogens is 404 g/mol. The average Bonchev–Trinajstić information content (AvgIpc) is 2.73. The molecule has 0 radical (unpaired) electrons. The van der Waals surface area contributed by atoms with E-state index in [-0.39, 0.29) is 22.5 Å². The third-order valence-corrected chi connectivity index (χ3v) is 8.09. The Morgan fingerprint density at radius 3 is 2.37 bits per heavy atom. The maximum Gasteiger partial charge on any atom is 0.303 e. The van der Waals surface area contributed by atoms with Gasteiger partial charge in [-0.05, 0) is 49.8 Å². The normalized spacial score (nSPS) is 31.1. The van der Waals surface area contributed by atoms with Gasteiger partial charge in [0.2, 0.25) is 0 Å². The largest absolute Gasteiger partial charge is 0.457 e. The van der Waals surface area contributed by atoms with Gasteiger partial charge >= 0.3 is 5.97 Å². The zero-order valence-electron chi connectivity index (χ0n) is 17.1. The van der Waals surface area contributed by atoms with Crippen molar-refractivity contribution < 1.29 is 27.7 Å². The van der Waals surface area contributed by atoms with E-state index < -0.39 is 27.1 Å². The van der Waals surface area contributed by atoms with Crippen molar-refractivity contribution in [3.63, 3.8) is 0 Å². The first-order valence-electron chi connectivity index (χ1n) is 10.1. The summed E-state index contributed by atoms with van der Waals surface area (Å²) >= 11 is 0. The van der Waals surface area contributed by atoms with Crippen LogP contribution in [0.5, 0.6) is 0 Å². The van der Waals surface area contributed by atoms with Gasteiger partial charge in [-0.3, -0.25) is 4.79 Å². The molecule has 0 aromatic heterocycles. The third kappa shape index (κ3) is 3.77. The van der Waals surface area contributed by atoms with Crippen LogP contribution in [-0.2, 0) is 34.7 Å². The molecule has 2 aromatic rings. The highest BCUT2D eigenvalue weighted by molar-refractivity contribution is 7.91. The topological polar surface area (TPSA) is 78.9 Å². The van der Waals surface area contributed by atoms with Crippen LogP contribution in [0.3, 0.4) is 0 Å². The Kier molecular flexibility index (Phi) is 5.46. The van der Waals surface area contributed by atoms with Gasteiger partial charge in [0.25, 0.3) is 0 Å². The Hall–Kier alpha value is -2.22. The highest BCUT2D eigenvalue weighted by Gasteiger charge is 2.58. The minimum atomic E-state index is -3.64. The van der Waals surface area contributed by atoms with Crippen molar-refractivity contribution in [2.75, 3.05) is 5.75 Å². The Bertz CT molecular complexity index is 1010. The molecule has 6 nitrogen and oxygen atoms in total. The van der Waals surface area contributed by atoms with E-state index in [1.54, 1.807) is 30.3 Å². The van der Waals surface area contributed by atoms with Crippen molar-refractivity contribution >= 4 is 15.8 Å². The van der Waals surface area contributed by atoms with Gasteiger partial charge in [0.1, 0.15) is 17.3 Å². The van der Waals surface area contributed by atoms with E-state index >= 15 is 0 Å². The van der Waals surface area contributed by atoms with E-state index in [2.05, 4.69) is 0 Å². The quantitative estimate of drug-likeness (QED) is 0.530. The number of sulfone groups is 1. The van der Waals surface area contributed by atoms with Gasteiger partial charge in [-0.15, -0.1) is 0 Å². The van der Waals surface area contributed by atoms with E-state index in [0.717, 1.165) is 5.56 Å². The predicted octanol–water partition coefficient (Wildman–Crippen LogP) is 3.81. The van der Waals surface area contributed by atoms with Crippen LogP contribution in [0.1, 0.15) is 38.7 Å². The third-order valence-electron chi connectivity index (χ3n) is 6.29. The van der Waals surface area contributed by atoms with E-state index in [9.17, 15) is 13.2 Å². The van der Waals surface area contributed by atoms with Gasteiger partial charge in [-0.1, -0.05) is 48.5 Å². The zero-order chi connectivity index (χ0) is 21.4. The molecule has 1 saturated heterocycles. The first-order chi connectivity index (χ1) is 14.3. The molecule has 2 bridgehead atoms. The SMILES string of the molecule is CC(=O)OC1(C)CCC2CC1OO[C@]2(CS(=O)(=O)c1ccccc1)c1ccccc1. The fourth-order valence-corrected chi connectivity index (χ4v) is 6.45. The first-order valence-corrected chi connectivity index (χ1v) is 11.8. The minimum Gasteiger partial charge on any atom is -0.457 e. The molecule has 2 aromatic carbocycles. The van der Waals surface area contributed by atoms with Crippen LogP contribution in [0.2, 0.25) is 0 Å². The molecule has 0 spiro atoms. The number of hydrogen-bond donors (Lipinski definition) is 0.